The molecule has 5 heteroatoms. The molecule has 1 aliphatic rings. The Kier molecular flexibility index (Phi) is 4.63. The summed E-state index contributed by atoms with van der Waals surface area (Å²) in [4.78, 5) is 1.57. The number of rotatable bonds is 3. The molecule has 1 N–H and O–H groups in total. The van der Waals surface area contributed by atoms with E-state index in [0.29, 0.717) is 19.0 Å². The summed E-state index contributed by atoms with van der Waals surface area (Å²) in [7, 11) is 0. The maximum absolute atomic E-state index is 13.0. The molecule has 0 spiro atoms. The molecule has 2 rings (SSSR count). The fourth-order valence-corrected chi connectivity index (χ4v) is 2.93. The molecular formula is C16H23F3N2. The summed E-state index contributed by atoms with van der Waals surface area (Å²) < 4.78 is 38.9. The van der Waals surface area contributed by atoms with E-state index in [4.69, 9.17) is 0 Å². The van der Waals surface area contributed by atoms with Crippen LogP contribution in [0.25, 0.3) is 0 Å². The van der Waals surface area contributed by atoms with Crippen LogP contribution in [0, 0.1) is 5.92 Å². The van der Waals surface area contributed by atoms with E-state index < -0.39 is 18.3 Å². The number of nitrogens with zero attached hydrogens (tertiary/aromatic N) is 1. The lowest BCUT2D eigenvalue weighted by Gasteiger charge is -2.49. The zero-order valence-electron chi connectivity index (χ0n) is 12.7. The van der Waals surface area contributed by atoms with Gasteiger partial charge in [0, 0.05) is 19.1 Å². The molecule has 0 aromatic heterocycles. The van der Waals surface area contributed by atoms with Gasteiger partial charge in [-0.1, -0.05) is 44.2 Å². The molecule has 1 aromatic rings. The normalized spacial score (nSPS) is 28.0. The van der Waals surface area contributed by atoms with E-state index >= 15 is 0 Å². The van der Waals surface area contributed by atoms with Gasteiger partial charge in [0.1, 0.15) is 0 Å². The lowest BCUT2D eigenvalue weighted by Crippen LogP contribution is -2.64. The van der Waals surface area contributed by atoms with Crippen LogP contribution in [-0.2, 0) is 5.54 Å². The lowest BCUT2D eigenvalue weighted by atomic mass is 9.85. The third-order valence-corrected chi connectivity index (χ3v) is 4.39. The van der Waals surface area contributed by atoms with Gasteiger partial charge in [-0.2, -0.15) is 13.2 Å². The molecule has 0 bridgehead atoms. The summed E-state index contributed by atoms with van der Waals surface area (Å²) in [6.07, 6.45) is -4.19. The number of nitrogens with one attached hydrogen (secondary N) is 1. The molecule has 1 aromatic carbocycles. The summed E-state index contributed by atoms with van der Waals surface area (Å²) >= 11 is 0. The molecule has 2 atom stereocenters. The van der Waals surface area contributed by atoms with Gasteiger partial charge in [-0.15, -0.1) is 0 Å². The Morgan fingerprint density at radius 1 is 1.29 bits per heavy atom. The van der Waals surface area contributed by atoms with Crippen LogP contribution in [-0.4, -0.2) is 36.8 Å². The third-order valence-electron chi connectivity index (χ3n) is 4.39. The molecule has 2 nitrogen and oxygen atoms in total. The minimum absolute atomic E-state index is 0.0872. The molecule has 0 radical (unpaired) electrons. The van der Waals surface area contributed by atoms with Gasteiger partial charge >= 0.3 is 6.18 Å². The van der Waals surface area contributed by atoms with Gasteiger partial charge in [0.05, 0.1) is 12.1 Å². The van der Waals surface area contributed by atoms with E-state index in [1.807, 2.05) is 51.1 Å². The molecule has 1 aliphatic heterocycles. The van der Waals surface area contributed by atoms with Crippen LogP contribution in [0.4, 0.5) is 13.2 Å². The highest BCUT2D eigenvalue weighted by molar-refractivity contribution is 5.25. The first-order chi connectivity index (χ1) is 9.72. The number of piperazine rings is 1. The van der Waals surface area contributed by atoms with Crippen LogP contribution in [0.15, 0.2) is 30.3 Å². The van der Waals surface area contributed by atoms with Crippen LogP contribution in [0.1, 0.15) is 26.3 Å². The highest BCUT2D eigenvalue weighted by Gasteiger charge is 2.44. The van der Waals surface area contributed by atoms with E-state index in [9.17, 15) is 13.2 Å². The predicted molar refractivity (Wildman–Crippen MR) is 78.1 cm³/mol. The van der Waals surface area contributed by atoms with Gasteiger partial charge < -0.3 is 5.32 Å². The van der Waals surface area contributed by atoms with Gasteiger partial charge in [-0.05, 0) is 18.4 Å². The van der Waals surface area contributed by atoms with Gasteiger partial charge in [0.2, 0.25) is 0 Å². The number of halogens is 3. The number of alkyl halides is 3. The van der Waals surface area contributed by atoms with Crippen molar-refractivity contribution in [3.05, 3.63) is 35.9 Å². The first-order valence-electron chi connectivity index (χ1n) is 7.33. The van der Waals surface area contributed by atoms with Crippen molar-refractivity contribution in [2.45, 2.75) is 38.5 Å². The summed E-state index contributed by atoms with van der Waals surface area (Å²) in [5.74, 6) is 0.307. The smallest absolute Gasteiger partial charge is 0.310 e. The Morgan fingerprint density at radius 2 is 1.90 bits per heavy atom. The van der Waals surface area contributed by atoms with Gasteiger partial charge in [0.25, 0.3) is 0 Å². The zero-order valence-corrected chi connectivity index (χ0v) is 12.7. The number of hydrogen-bond acceptors (Lipinski definition) is 2. The molecule has 118 valence electrons. The molecule has 0 amide bonds. The van der Waals surface area contributed by atoms with Crippen molar-refractivity contribution in [1.29, 1.82) is 0 Å². The van der Waals surface area contributed by atoms with Crippen molar-refractivity contribution >= 4 is 0 Å². The Labute approximate surface area is 124 Å². The highest BCUT2D eigenvalue weighted by atomic mass is 19.4. The first-order valence-corrected chi connectivity index (χ1v) is 7.33. The van der Waals surface area contributed by atoms with Crippen molar-refractivity contribution in [2.75, 3.05) is 19.6 Å². The minimum Gasteiger partial charge on any atom is -0.310 e. The van der Waals surface area contributed by atoms with Gasteiger partial charge in [-0.3, -0.25) is 4.90 Å². The first kappa shape index (κ1) is 16.3. The van der Waals surface area contributed by atoms with E-state index in [2.05, 4.69) is 5.32 Å². The van der Waals surface area contributed by atoms with Crippen LogP contribution < -0.4 is 5.32 Å². The van der Waals surface area contributed by atoms with Crippen molar-refractivity contribution in [2.24, 2.45) is 5.92 Å². The second-order valence-corrected chi connectivity index (χ2v) is 6.37. The summed E-state index contributed by atoms with van der Waals surface area (Å²) in [6.45, 7) is 6.02. The average molecular weight is 300 g/mol. The van der Waals surface area contributed by atoms with Gasteiger partial charge in [-0.25, -0.2) is 0 Å². The van der Waals surface area contributed by atoms with E-state index in [-0.39, 0.29) is 6.04 Å². The third kappa shape index (κ3) is 3.77. The van der Waals surface area contributed by atoms with Crippen molar-refractivity contribution in [3.63, 3.8) is 0 Å². The van der Waals surface area contributed by atoms with Crippen LogP contribution in [0.3, 0.4) is 0 Å². The second-order valence-electron chi connectivity index (χ2n) is 6.37. The standard InChI is InChI=1S/C16H23F3N2/c1-12(2)14-9-21(11-16(17,18)19)15(3,10-20-14)13-7-5-4-6-8-13/h4-8,12,14,20H,9-11H2,1-3H3. The molecule has 0 saturated carbocycles. The summed E-state index contributed by atoms with van der Waals surface area (Å²) in [6, 6.07) is 9.53. The zero-order chi connectivity index (χ0) is 15.7. The number of hydrogen-bond donors (Lipinski definition) is 1. The molecular weight excluding hydrogens is 277 g/mol. The Morgan fingerprint density at radius 3 is 2.43 bits per heavy atom. The topological polar surface area (TPSA) is 15.3 Å². The Balaban J connectivity index is 2.29. The van der Waals surface area contributed by atoms with E-state index in [1.54, 1.807) is 4.90 Å². The van der Waals surface area contributed by atoms with Crippen molar-refractivity contribution in [1.82, 2.24) is 10.2 Å². The number of benzene rings is 1. The maximum atomic E-state index is 13.0. The monoisotopic (exact) mass is 300 g/mol. The molecule has 1 fully saturated rings. The van der Waals surface area contributed by atoms with Crippen LogP contribution >= 0.6 is 0 Å². The SMILES string of the molecule is CC(C)C1CN(CC(F)(F)F)C(C)(c2ccccc2)CN1. The molecule has 1 heterocycles. The Bertz CT molecular complexity index is 458. The second kappa shape index (κ2) is 5.97. The quantitative estimate of drug-likeness (QED) is 0.920. The fraction of sp³-hybridized carbons (Fsp3) is 0.625. The summed E-state index contributed by atoms with van der Waals surface area (Å²) in [5, 5.41) is 3.41. The van der Waals surface area contributed by atoms with Gasteiger partial charge in [0.15, 0.2) is 0 Å². The van der Waals surface area contributed by atoms with Crippen LogP contribution in [0.2, 0.25) is 0 Å². The largest absolute Gasteiger partial charge is 0.401 e. The van der Waals surface area contributed by atoms with Crippen LogP contribution in [0.5, 0.6) is 0 Å². The van der Waals surface area contributed by atoms with Crippen molar-refractivity contribution < 1.29 is 13.2 Å². The molecule has 0 aliphatic carbocycles. The maximum Gasteiger partial charge on any atom is 0.401 e. The fourth-order valence-electron chi connectivity index (χ4n) is 2.93. The van der Waals surface area contributed by atoms with E-state index in [0.717, 1.165) is 5.56 Å². The predicted octanol–water partition coefficient (Wildman–Crippen LogP) is 3.39. The average Bonchev–Trinajstić information content (AvgIpc) is 2.40. The minimum atomic E-state index is -4.19. The molecule has 21 heavy (non-hydrogen) atoms. The lowest BCUT2D eigenvalue weighted by molar-refractivity contribution is -0.165. The molecule has 1 saturated heterocycles. The van der Waals surface area contributed by atoms with E-state index in [1.165, 1.54) is 0 Å². The summed E-state index contributed by atoms with van der Waals surface area (Å²) in [5.41, 5.74) is 0.284. The highest BCUT2D eigenvalue weighted by Crippen LogP contribution is 2.34. The molecule has 2 unspecified atom stereocenters. The van der Waals surface area contributed by atoms with Crippen molar-refractivity contribution in [3.8, 4) is 0 Å². The Hall–Kier alpha value is -1.07.